The summed E-state index contributed by atoms with van der Waals surface area (Å²) < 4.78 is 1.30. The van der Waals surface area contributed by atoms with Gasteiger partial charge in [0.05, 0.1) is 12.5 Å². The molecule has 4 heteroatoms. The molecule has 0 spiro atoms. The fourth-order valence-electron chi connectivity index (χ4n) is 5.83. The second-order valence-corrected chi connectivity index (χ2v) is 9.82. The topological polar surface area (TPSA) is 23.6 Å². The zero-order valence-corrected chi connectivity index (χ0v) is 16.9. The molecule has 1 aliphatic carbocycles. The molecule has 1 saturated carbocycles. The van der Waals surface area contributed by atoms with Crippen molar-refractivity contribution in [2.75, 3.05) is 19.6 Å². The number of amides is 1. The molecule has 144 valence electrons. The molecule has 1 aromatic carbocycles. The van der Waals surface area contributed by atoms with Crippen LogP contribution in [0.1, 0.15) is 49.8 Å². The van der Waals surface area contributed by atoms with Gasteiger partial charge in [-0.2, -0.15) is 0 Å². The van der Waals surface area contributed by atoms with Crippen LogP contribution < -0.4 is 0 Å². The minimum Gasteiger partial charge on any atom is -0.338 e. The van der Waals surface area contributed by atoms with Gasteiger partial charge in [-0.25, -0.2) is 0 Å². The summed E-state index contributed by atoms with van der Waals surface area (Å²) in [6, 6.07) is 11.8. The van der Waals surface area contributed by atoms with Crippen LogP contribution >= 0.6 is 11.3 Å². The molecule has 1 aromatic heterocycles. The summed E-state index contributed by atoms with van der Waals surface area (Å²) in [5.41, 5.74) is 0. The van der Waals surface area contributed by atoms with Gasteiger partial charge in [-0.1, -0.05) is 24.6 Å². The Kier molecular flexibility index (Phi) is 4.95. The zero-order valence-electron chi connectivity index (χ0n) is 16.1. The largest absolute Gasteiger partial charge is 0.338 e. The Bertz CT molecular complexity index is 775. The highest BCUT2D eigenvalue weighted by molar-refractivity contribution is 7.19. The fraction of sp³-hybridized carbons (Fsp3) is 0.609. The summed E-state index contributed by atoms with van der Waals surface area (Å²) >= 11 is 1.79. The molecule has 3 nitrogen and oxygen atoms in total. The van der Waals surface area contributed by atoms with Gasteiger partial charge in [0, 0.05) is 22.2 Å². The van der Waals surface area contributed by atoms with Gasteiger partial charge in [0.15, 0.2) is 0 Å². The Morgan fingerprint density at radius 3 is 2.67 bits per heavy atom. The molecule has 2 saturated heterocycles. The maximum absolute atomic E-state index is 13.4. The first-order valence-electron chi connectivity index (χ1n) is 10.8. The standard InChI is InChI=1S/C23H30N2OS/c26-22(16-19-15-18-7-1-2-11-21(18)27-19)25-14-6-9-17-8-5-10-20(23(17)25)24-12-3-4-13-24/h1-2,7,11,15,17,20,23H,3-6,8-10,12-14,16H2. The van der Waals surface area contributed by atoms with Crippen LogP contribution in [-0.2, 0) is 11.2 Å². The van der Waals surface area contributed by atoms with E-state index in [0.717, 1.165) is 12.5 Å². The Morgan fingerprint density at radius 2 is 1.81 bits per heavy atom. The molecule has 1 amide bonds. The van der Waals surface area contributed by atoms with Crippen molar-refractivity contribution < 1.29 is 4.79 Å². The van der Waals surface area contributed by atoms with Gasteiger partial charge in [0.2, 0.25) is 5.91 Å². The minimum atomic E-state index is 0.363. The van der Waals surface area contributed by atoms with Crippen molar-refractivity contribution in [1.82, 2.24) is 9.80 Å². The lowest BCUT2D eigenvalue weighted by atomic mass is 9.74. The van der Waals surface area contributed by atoms with E-state index < -0.39 is 0 Å². The number of nitrogens with zero attached hydrogens (tertiary/aromatic N) is 2. The van der Waals surface area contributed by atoms with Gasteiger partial charge >= 0.3 is 0 Å². The lowest BCUT2D eigenvalue weighted by Gasteiger charge is -2.51. The second-order valence-electron chi connectivity index (χ2n) is 8.65. The number of fused-ring (bicyclic) bond motifs is 2. The highest BCUT2D eigenvalue weighted by atomic mass is 32.1. The van der Waals surface area contributed by atoms with Crippen molar-refractivity contribution in [3.8, 4) is 0 Å². The van der Waals surface area contributed by atoms with E-state index in [1.165, 1.54) is 73.0 Å². The van der Waals surface area contributed by atoms with Crippen LogP contribution in [0.15, 0.2) is 30.3 Å². The molecule has 0 N–H and O–H groups in total. The van der Waals surface area contributed by atoms with E-state index in [1.807, 2.05) is 0 Å². The van der Waals surface area contributed by atoms with E-state index >= 15 is 0 Å². The summed E-state index contributed by atoms with van der Waals surface area (Å²) in [5.74, 6) is 1.09. The predicted octanol–water partition coefficient (Wildman–Crippen LogP) is 4.70. The van der Waals surface area contributed by atoms with Crippen molar-refractivity contribution in [3.05, 3.63) is 35.2 Å². The highest BCUT2D eigenvalue weighted by Crippen LogP contribution is 2.39. The van der Waals surface area contributed by atoms with Crippen LogP contribution in [0.3, 0.4) is 0 Å². The summed E-state index contributed by atoms with van der Waals surface area (Å²) in [4.78, 5) is 19.6. The van der Waals surface area contributed by atoms with Gasteiger partial charge in [0.25, 0.3) is 0 Å². The third-order valence-electron chi connectivity index (χ3n) is 7.02. The SMILES string of the molecule is O=C(Cc1cc2ccccc2s1)N1CCCC2CCCC(N3CCCC3)C21. The number of benzene rings is 1. The molecule has 3 atom stereocenters. The van der Waals surface area contributed by atoms with Gasteiger partial charge in [-0.05, 0) is 75.1 Å². The van der Waals surface area contributed by atoms with Crippen molar-refractivity contribution in [2.45, 2.75) is 63.5 Å². The fourth-order valence-corrected chi connectivity index (χ4v) is 6.89. The molecule has 3 aliphatic rings. The molecule has 27 heavy (non-hydrogen) atoms. The number of carbonyl (C=O) groups excluding carboxylic acids is 1. The molecule has 3 unspecified atom stereocenters. The molecular formula is C23H30N2OS. The monoisotopic (exact) mass is 382 g/mol. The first kappa shape index (κ1) is 17.7. The van der Waals surface area contributed by atoms with Crippen LogP contribution in [0.2, 0.25) is 0 Å². The quantitative estimate of drug-likeness (QED) is 0.768. The molecule has 3 fully saturated rings. The Morgan fingerprint density at radius 1 is 1.00 bits per heavy atom. The maximum Gasteiger partial charge on any atom is 0.228 e. The van der Waals surface area contributed by atoms with Gasteiger partial charge in [-0.15, -0.1) is 11.3 Å². The minimum absolute atomic E-state index is 0.363. The summed E-state index contributed by atoms with van der Waals surface area (Å²) in [7, 11) is 0. The van der Waals surface area contributed by atoms with Gasteiger partial charge in [-0.3, -0.25) is 9.69 Å². The van der Waals surface area contributed by atoms with Crippen LogP contribution in [0.25, 0.3) is 10.1 Å². The molecule has 5 rings (SSSR count). The van der Waals surface area contributed by atoms with E-state index in [0.29, 0.717) is 24.4 Å². The molecule has 0 radical (unpaired) electrons. The smallest absolute Gasteiger partial charge is 0.228 e. The second kappa shape index (κ2) is 7.56. The van der Waals surface area contributed by atoms with Crippen LogP contribution in [-0.4, -0.2) is 47.4 Å². The van der Waals surface area contributed by atoms with Gasteiger partial charge in [0.1, 0.15) is 0 Å². The van der Waals surface area contributed by atoms with E-state index in [2.05, 4.69) is 40.1 Å². The Hall–Kier alpha value is -1.39. The first-order valence-corrected chi connectivity index (χ1v) is 11.6. The number of rotatable bonds is 3. The van der Waals surface area contributed by atoms with E-state index in [9.17, 15) is 4.79 Å². The number of carbonyl (C=O) groups is 1. The number of likely N-dealkylation sites (tertiary alicyclic amines) is 2. The number of thiophene rings is 1. The van der Waals surface area contributed by atoms with Crippen LogP contribution in [0.4, 0.5) is 0 Å². The Labute approximate surface area is 166 Å². The molecule has 2 aromatic rings. The lowest BCUT2D eigenvalue weighted by Crippen LogP contribution is -2.60. The summed E-state index contributed by atoms with van der Waals surface area (Å²) in [5, 5.41) is 1.27. The van der Waals surface area contributed by atoms with E-state index in [-0.39, 0.29) is 0 Å². The van der Waals surface area contributed by atoms with Crippen molar-refractivity contribution in [3.63, 3.8) is 0 Å². The molecule has 3 heterocycles. The van der Waals surface area contributed by atoms with Crippen LogP contribution in [0.5, 0.6) is 0 Å². The highest BCUT2D eigenvalue weighted by Gasteiger charge is 2.44. The molecule has 2 aliphatic heterocycles. The summed E-state index contributed by atoms with van der Waals surface area (Å²) in [6.45, 7) is 3.45. The van der Waals surface area contributed by atoms with E-state index in [1.54, 1.807) is 11.3 Å². The molecular weight excluding hydrogens is 352 g/mol. The normalized spacial score (nSPS) is 29.2. The summed E-state index contributed by atoms with van der Waals surface area (Å²) in [6.07, 6.45) is 9.71. The number of hydrogen-bond acceptors (Lipinski definition) is 3. The third-order valence-corrected chi connectivity index (χ3v) is 8.13. The van der Waals surface area contributed by atoms with Crippen molar-refractivity contribution in [2.24, 2.45) is 5.92 Å². The average molecular weight is 383 g/mol. The predicted molar refractivity (Wildman–Crippen MR) is 112 cm³/mol. The number of piperidine rings is 1. The van der Waals surface area contributed by atoms with Crippen LogP contribution in [0, 0.1) is 5.92 Å². The lowest BCUT2D eigenvalue weighted by molar-refractivity contribution is -0.139. The van der Waals surface area contributed by atoms with Crippen molar-refractivity contribution >= 4 is 27.3 Å². The van der Waals surface area contributed by atoms with E-state index in [4.69, 9.17) is 0 Å². The van der Waals surface area contributed by atoms with Crippen molar-refractivity contribution in [1.29, 1.82) is 0 Å². The maximum atomic E-state index is 13.4. The first-order chi connectivity index (χ1) is 13.3. The van der Waals surface area contributed by atoms with Gasteiger partial charge < -0.3 is 4.90 Å². The average Bonchev–Trinajstić information content (AvgIpc) is 3.36. The zero-order chi connectivity index (χ0) is 18.2. The Balaban J connectivity index is 1.37. The molecule has 0 bridgehead atoms. The third kappa shape index (κ3) is 3.42. The number of hydrogen-bond donors (Lipinski definition) is 0.